The predicted molar refractivity (Wildman–Crippen MR) is 98.6 cm³/mol. The van der Waals surface area contributed by atoms with Crippen LogP contribution in [0.5, 0.6) is 0 Å². The second-order valence-corrected chi connectivity index (χ2v) is 7.37. The lowest BCUT2D eigenvalue weighted by atomic mass is 9.95. The van der Waals surface area contributed by atoms with Gasteiger partial charge in [-0.3, -0.25) is 9.59 Å². The van der Waals surface area contributed by atoms with E-state index >= 15 is 0 Å². The van der Waals surface area contributed by atoms with Crippen molar-refractivity contribution in [3.8, 4) is 0 Å². The van der Waals surface area contributed by atoms with Gasteiger partial charge in [0.15, 0.2) is 0 Å². The van der Waals surface area contributed by atoms with Crippen LogP contribution in [0.1, 0.15) is 32.3 Å². The summed E-state index contributed by atoms with van der Waals surface area (Å²) in [6.45, 7) is 5.97. The van der Waals surface area contributed by atoms with Crippen molar-refractivity contribution in [1.82, 2.24) is 15.5 Å². The number of benzene rings is 1. The number of carbonyl (C=O) groups excluding carboxylic acids is 3. The van der Waals surface area contributed by atoms with E-state index in [0.29, 0.717) is 18.7 Å². The molecule has 2 aliphatic rings. The Balaban J connectivity index is 1.63. The number of nitrogens with zero attached hydrogens (tertiary/aromatic N) is 1. The molecule has 0 aliphatic carbocycles. The highest BCUT2D eigenvalue weighted by Crippen LogP contribution is 2.26. The van der Waals surface area contributed by atoms with E-state index in [2.05, 4.69) is 16.0 Å². The van der Waals surface area contributed by atoms with Crippen LogP contribution < -0.4 is 16.0 Å². The van der Waals surface area contributed by atoms with Gasteiger partial charge in [-0.05, 0) is 37.0 Å². The van der Waals surface area contributed by atoms with Crippen molar-refractivity contribution >= 4 is 23.5 Å². The number of nitrogens with one attached hydrogen (secondary N) is 3. The molecule has 8 heteroatoms. The number of amides is 4. The molecule has 3 rings (SSSR count). The van der Waals surface area contributed by atoms with Crippen LogP contribution >= 0.6 is 0 Å². The monoisotopic (exact) mass is 376 g/mol. The third-order valence-corrected chi connectivity index (χ3v) is 5.45. The Morgan fingerprint density at radius 2 is 2.15 bits per heavy atom. The summed E-state index contributed by atoms with van der Waals surface area (Å²) in [6.07, 6.45) is 1.15. The van der Waals surface area contributed by atoms with Gasteiger partial charge < -0.3 is 20.9 Å². The molecule has 2 saturated heterocycles. The second kappa shape index (κ2) is 7.54. The number of hydrogen-bond acceptors (Lipinski definition) is 3. The Morgan fingerprint density at radius 1 is 1.41 bits per heavy atom. The number of piperazine rings is 1. The molecule has 4 atom stereocenters. The zero-order chi connectivity index (χ0) is 19.7. The fraction of sp³-hybridized carbons (Fsp3) is 0.526. The second-order valence-electron chi connectivity index (χ2n) is 7.37. The number of hydrogen-bond donors (Lipinski definition) is 3. The number of rotatable bonds is 4. The molecule has 2 heterocycles. The summed E-state index contributed by atoms with van der Waals surface area (Å²) in [4.78, 5) is 38.9. The van der Waals surface area contributed by atoms with Gasteiger partial charge in [-0.25, -0.2) is 9.18 Å². The molecule has 2 aliphatic heterocycles. The van der Waals surface area contributed by atoms with E-state index in [1.807, 2.05) is 13.8 Å². The van der Waals surface area contributed by atoms with Gasteiger partial charge in [0.2, 0.25) is 11.8 Å². The molecule has 1 aromatic carbocycles. The minimum Gasteiger partial charge on any atom is -0.342 e. The molecule has 0 bridgehead atoms. The van der Waals surface area contributed by atoms with Crippen LogP contribution in [0.15, 0.2) is 18.2 Å². The molecular weight excluding hydrogens is 351 g/mol. The Labute approximate surface area is 157 Å². The third-order valence-electron chi connectivity index (χ3n) is 5.45. The molecule has 0 unspecified atom stereocenters. The summed E-state index contributed by atoms with van der Waals surface area (Å²) in [5.74, 6) is -0.661. The van der Waals surface area contributed by atoms with Gasteiger partial charge in [-0.1, -0.05) is 26.3 Å². The van der Waals surface area contributed by atoms with E-state index in [0.717, 1.165) is 12.0 Å². The number of aryl methyl sites for hydroxylation is 1. The maximum atomic E-state index is 13.4. The zero-order valence-corrected chi connectivity index (χ0v) is 15.7. The van der Waals surface area contributed by atoms with Crippen LogP contribution in [0.4, 0.5) is 14.9 Å². The Bertz CT molecular complexity index is 769. The number of halogens is 1. The van der Waals surface area contributed by atoms with Crippen molar-refractivity contribution in [3.05, 3.63) is 29.6 Å². The van der Waals surface area contributed by atoms with Crippen molar-refractivity contribution in [2.45, 2.75) is 51.7 Å². The standard InChI is InChI=1S/C19H25FN4O3/c1-4-10(2)16-18(26)24-9-13(8-15(24)17(25)23-16)21-19(27)22-14-7-12(20)6-5-11(14)3/h5-7,10,13,15-16H,4,8-9H2,1-3H3,(H,23,25)(H2,21,22,27)/t10-,13-,15-,16-/m0/s1. The molecule has 0 aromatic heterocycles. The molecule has 1 aromatic rings. The molecule has 0 spiro atoms. The molecule has 0 radical (unpaired) electrons. The SMILES string of the molecule is CC[C@H](C)[C@@H]1NC(=O)[C@@H]2C[C@H](NC(=O)Nc3cc(F)ccc3C)CN2C1=O. The molecule has 27 heavy (non-hydrogen) atoms. The van der Waals surface area contributed by atoms with E-state index in [1.54, 1.807) is 17.9 Å². The smallest absolute Gasteiger partial charge is 0.319 e. The van der Waals surface area contributed by atoms with Gasteiger partial charge in [-0.15, -0.1) is 0 Å². The molecule has 7 nitrogen and oxygen atoms in total. The van der Waals surface area contributed by atoms with Gasteiger partial charge >= 0.3 is 6.03 Å². The Kier molecular flexibility index (Phi) is 5.34. The van der Waals surface area contributed by atoms with E-state index in [4.69, 9.17) is 0 Å². The minimum absolute atomic E-state index is 0.0497. The van der Waals surface area contributed by atoms with Crippen molar-refractivity contribution in [1.29, 1.82) is 0 Å². The molecule has 3 N–H and O–H groups in total. The fourth-order valence-corrected chi connectivity index (χ4v) is 3.62. The Morgan fingerprint density at radius 3 is 2.85 bits per heavy atom. The zero-order valence-electron chi connectivity index (χ0n) is 15.7. The minimum atomic E-state index is -0.556. The van der Waals surface area contributed by atoms with Crippen LogP contribution in [0.25, 0.3) is 0 Å². The highest BCUT2D eigenvalue weighted by molar-refractivity contribution is 5.98. The van der Waals surface area contributed by atoms with Crippen LogP contribution in [0, 0.1) is 18.7 Å². The van der Waals surface area contributed by atoms with Gasteiger partial charge in [0, 0.05) is 12.2 Å². The van der Waals surface area contributed by atoms with Crippen molar-refractivity contribution in [2.75, 3.05) is 11.9 Å². The highest BCUT2D eigenvalue weighted by Gasteiger charge is 2.47. The topological polar surface area (TPSA) is 90.5 Å². The normalized spacial score (nSPS) is 25.6. The summed E-state index contributed by atoms with van der Waals surface area (Å²) in [5, 5.41) is 8.22. The number of urea groups is 1. The summed E-state index contributed by atoms with van der Waals surface area (Å²) in [7, 11) is 0. The summed E-state index contributed by atoms with van der Waals surface area (Å²) in [6, 6.07) is 2.26. The Hall–Kier alpha value is -2.64. The predicted octanol–water partition coefficient (Wildman–Crippen LogP) is 1.77. The quantitative estimate of drug-likeness (QED) is 0.748. The maximum Gasteiger partial charge on any atom is 0.319 e. The molecule has 2 fully saturated rings. The van der Waals surface area contributed by atoms with Gasteiger partial charge in [0.05, 0.1) is 6.04 Å². The average Bonchev–Trinajstić information content (AvgIpc) is 3.05. The maximum absolute atomic E-state index is 13.4. The molecule has 0 saturated carbocycles. The average molecular weight is 376 g/mol. The van der Waals surface area contributed by atoms with Gasteiger partial charge in [0.25, 0.3) is 0 Å². The van der Waals surface area contributed by atoms with Crippen LogP contribution in [0.3, 0.4) is 0 Å². The van der Waals surface area contributed by atoms with E-state index in [1.165, 1.54) is 12.1 Å². The first-order chi connectivity index (χ1) is 12.8. The largest absolute Gasteiger partial charge is 0.342 e. The molecular formula is C19H25FN4O3. The van der Waals surface area contributed by atoms with Crippen molar-refractivity contribution < 1.29 is 18.8 Å². The molecule has 146 valence electrons. The number of anilines is 1. The summed E-state index contributed by atoms with van der Waals surface area (Å²) in [5.41, 5.74) is 1.12. The molecule has 4 amide bonds. The lowest BCUT2D eigenvalue weighted by molar-refractivity contribution is -0.148. The van der Waals surface area contributed by atoms with E-state index < -0.39 is 23.9 Å². The van der Waals surface area contributed by atoms with Gasteiger partial charge in [0.1, 0.15) is 17.9 Å². The lowest BCUT2D eigenvalue weighted by Crippen LogP contribution is -2.62. The van der Waals surface area contributed by atoms with Gasteiger partial charge in [-0.2, -0.15) is 0 Å². The first-order valence-corrected chi connectivity index (χ1v) is 9.24. The van der Waals surface area contributed by atoms with Crippen LogP contribution in [-0.4, -0.2) is 47.4 Å². The summed E-state index contributed by atoms with van der Waals surface area (Å²) < 4.78 is 13.4. The first kappa shape index (κ1) is 19.1. The summed E-state index contributed by atoms with van der Waals surface area (Å²) >= 11 is 0. The first-order valence-electron chi connectivity index (χ1n) is 9.24. The van der Waals surface area contributed by atoms with Crippen LogP contribution in [0.2, 0.25) is 0 Å². The highest BCUT2D eigenvalue weighted by atomic mass is 19.1. The number of fused-ring (bicyclic) bond motifs is 1. The van der Waals surface area contributed by atoms with Crippen molar-refractivity contribution in [3.63, 3.8) is 0 Å². The van der Waals surface area contributed by atoms with Crippen LogP contribution in [-0.2, 0) is 9.59 Å². The lowest BCUT2D eigenvalue weighted by Gasteiger charge is -2.36. The third kappa shape index (κ3) is 3.89. The van der Waals surface area contributed by atoms with E-state index in [-0.39, 0.29) is 23.8 Å². The number of carbonyl (C=O) groups is 3. The fourth-order valence-electron chi connectivity index (χ4n) is 3.62. The van der Waals surface area contributed by atoms with Crippen molar-refractivity contribution in [2.24, 2.45) is 5.92 Å². The van der Waals surface area contributed by atoms with E-state index in [9.17, 15) is 18.8 Å².